The molecule has 0 aliphatic rings. The van der Waals surface area contributed by atoms with Crippen molar-refractivity contribution in [1.82, 2.24) is 4.98 Å². The SMILES string of the molecule is Cc1cccc(Sc2nc3ccccc3cc2C(=O)O)c1. The Morgan fingerprint density at radius 1 is 1.10 bits per heavy atom. The smallest absolute Gasteiger partial charge is 0.338 e. The summed E-state index contributed by atoms with van der Waals surface area (Å²) in [4.78, 5) is 17.0. The Kier molecular flexibility index (Phi) is 3.62. The highest BCUT2D eigenvalue weighted by Gasteiger charge is 2.14. The lowest BCUT2D eigenvalue weighted by atomic mass is 10.1. The van der Waals surface area contributed by atoms with Crippen molar-refractivity contribution in [2.45, 2.75) is 16.8 Å². The van der Waals surface area contributed by atoms with Crippen LogP contribution in [0.2, 0.25) is 0 Å². The van der Waals surface area contributed by atoms with Crippen LogP contribution in [0.3, 0.4) is 0 Å². The van der Waals surface area contributed by atoms with Crippen molar-refractivity contribution in [3.05, 3.63) is 65.7 Å². The average Bonchev–Trinajstić information content (AvgIpc) is 2.46. The van der Waals surface area contributed by atoms with Crippen molar-refractivity contribution < 1.29 is 9.90 Å². The van der Waals surface area contributed by atoms with Gasteiger partial charge in [0.15, 0.2) is 0 Å². The number of nitrogens with zero attached hydrogens (tertiary/aromatic N) is 1. The molecular formula is C17H13NO2S. The van der Waals surface area contributed by atoms with Crippen molar-refractivity contribution >= 4 is 28.6 Å². The highest BCUT2D eigenvalue weighted by molar-refractivity contribution is 7.99. The number of aryl methyl sites for hydroxylation is 1. The molecule has 0 unspecified atom stereocenters. The molecule has 0 aliphatic heterocycles. The second-order valence-corrected chi connectivity index (χ2v) is 5.82. The number of pyridine rings is 1. The van der Waals surface area contributed by atoms with E-state index < -0.39 is 5.97 Å². The molecule has 104 valence electrons. The number of hydrogen-bond acceptors (Lipinski definition) is 3. The Morgan fingerprint density at radius 3 is 2.67 bits per heavy atom. The van der Waals surface area contributed by atoms with Crippen molar-refractivity contribution in [3.63, 3.8) is 0 Å². The lowest BCUT2D eigenvalue weighted by Gasteiger charge is -2.07. The van der Waals surface area contributed by atoms with Gasteiger partial charge in [-0.15, -0.1) is 0 Å². The zero-order valence-electron chi connectivity index (χ0n) is 11.4. The fraction of sp³-hybridized carbons (Fsp3) is 0.0588. The molecule has 0 spiro atoms. The molecule has 0 saturated heterocycles. The first-order valence-corrected chi connectivity index (χ1v) is 7.33. The van der Waals surface area contributed by atoms with Gasteiger partial charge in [-0.25, -0.2) is 9.78 Å². The summed E-state index contributed by atoms with van der Waals surface area (Å²) in [5.41, 5.74) is 2.18. The Bertz CT molecular complexity index is 830. The minimum absolute atomic E-state index is 0.236. The molecule has 0 amide bonds. The number of carbonyl (C=O) groups is 1. The van der Waals surface area contributed by atoms with Gasteiger partial charge in [0, 0.05) is 10.3 Å². The molecule has 0 aliphatic carbocycles. The maximum Gasteiger partial charge on any atom is 0.338 e. The topological polar surface area (TPSA) is 50.2 Å². The van der Waals surface area contributed by atoms with Crippen LogP contribution < -0.4 is 0 Å². The molecule has 0 saturated carbocycles. The number of para-hydroxylation sites is 1. The first-order valence-electron chi connectivity index (χ1n) is 6.51. The molecule has 0 fully saturated rings. The largest absolute Gasteiger partial charge is 0.478 e. The molecular weight excluding hydrogens is 282 g/mol. The maximum absolute atomic E-state index is 11.5. The van der Waals surface area contributed by atoms with Gasteiger partial charge in [-0.2, -0.15) is 0 Å². The molecule has 1 aromatic heterocycles. The number of benzene rings is 2. The van der Waals surface area contributed by atoms with Crippen molar-refractivity contribution in [2.75, 3.05) is 0 Å². The second kappa shape index (κ2) is 5.58. The number of carboxylic acid groups (broad SMARTS) is 1. The third-order valence-electron chi connectivity index (χ3n) is 3.12. The van der Waals surface area contributed by atoms with Crippen LogP contribution >= 0.6 is 11.8 Å². The minimum atomic E-state index is -0.955. The van der Waals surface area contributed by atoms with Gasteiger partial charge in [0.05, 0.1) is 11.1 Å². The molecule has 0 bridgehead atoms. The average molecular weight is 295 g/mol. The van der Waals surface area contributed by atoms with Gasteiger partial charge >= 0.3 is 5.97 Å². The lowest BCUT2D eigenvalue weighted by Crippen LogP contribution is -2.01. The monoisotopic (exact) mass is 295 g/mol. The van der Waals surface area contributed by atoms with E-state index in [1.807, 2.05) is 55.5 Å². The Morgan fingerprint density at radius 2 is 1.90 bits per heavy atom. The molecule has 21 heavy (non-hydrogen) atoms. The summed E-state index contributed by atoms with van der Waals surface area (Å²) < 4.78 is 0. The van der Waals surface area contributed by atoms with Gasteiger partial charge in [0.25, 0.3) is 0 Å². The van der Waals surface area contributed by atoms with E-state index in [9.17, 15) is 9.90 Å². The molecule has 4 heteroatoms. The molecule has 3 rings (SSSR count). The second-order valence-electron chi connectivity index (χ2n) is 4.76. The number of carboxylic acids is 1. The zero-order chi connectivity index (χ0) is 14.8. The zero-order valence-corrected chi connectivity index (χ0v) is 12.2. The summed E-state index contributed by atoms with van der Waals surface area (Å²) >= 11 is 1.38. The van der Waals surface area contributed by atoms with E-state index >= 15 is 0 Å². The number of fused-ring (bicyclic) bond motifs is 1. The third kappa shape index (κ3) is 2.90. The van der Waals surface area contributed by atoms with Crippen LogP contribution in [-0.2, 0) is 0 Å². The summed E-state index contributed by atoms with van der Waals surface area (Å²) in [5, 5.41) is 10.8. The summed E-state index contributed by atoms with van der Waals surface area (Å²) in [6.07, 6.45) is 0. The van der Waals surface area contributed by atoms with Gasteiger partial charge in [0.1, 0.15) is 5.03 Å². The van der Waals surface area contributed by atoms with Crippen LogP contribution in [0.4, 0.5) is 0 Å². The van der Waals surface area contributed by atoms with Crippen LogP contribution in [0.1, 0.15) is 15.9 Å². The minimum Gasteiger partial charge on any atom is -0.478 e. The first kappa shape index (κ1) is 13.6. The number of hydrogen-bond donors (Lipinski definition) is 1. The lowest BCUT2D eigenvalue weighted by molar-refractivity contribution is 0.0692. The summed E-state index contributed by atoms with van der Waals surface area (Å²) in [5.74, 6) is -0.955. The van der Waals surface area contributed by atoms with Crippen molar-refractivity contribution in [2.24, 2.45) is 0 Å². The van der Waals surface area contributed by atoms with E-state index in [0.29, 0.717) is 5.03 Å². The summed E-state index contributed by atoms with van der Waals surface area (Å²) in [6.45, 7) is 2.01. The molecule has 3 aromatic rings. The molecule has 1 heterocycles. The number of aromatic carboxylic acids is 1. The normalized spacial score (nSPS) is 10.7. The van der Waals surface area contributed by atoms with Crippen LogP contribution in [0.25, 0.3) is 10.9 Å². The Labute approximate surface area is 126 Å². The quantitative estimate of drug-likeness (QED) is 0.778. The Balaban J connectivity index is 2.11. The van der Waals surface area contributed by atoms with E-state index in [1.54, 1.807) is 6.07 Å². The maximum atomic E-state index is 11.5. The molecule has 2 aromatic carbocycles. The highest BCUT2D eigenvalue weighted by Crippen LogP contribution is 2.31. The van der Waals surface area contributed by atoms with E-state index in [1.165, 1.54) is 11.8 Å². The summed E-state index contributed by atoms with van der Waals surface area (Å²) in [7, 11) is 0. The standard InChI is InChI=1S/C17H13NO2S/c1-11-5-4-7-13(9-11)21-16-14(17(19)20)10-12-6-2-3-8-15(12)18-16/h2-10H,1H3,(H,19,20). The van der Waals surface area contributed by atoms with E-state index in [0.717, 1.165) is 21.4 Å². The van der Waals surface area contributed by atoms with Crippen LogP contribution in [0.5, 0.6) is 0 Å². The van der Waals surface area contributed by atoms with Crippen LogP contribution in [0.15, 0.2) is 64.5 Å². The highest BCUT2D eigenvalue weighted by atomic mass is 32.2. The van der Waals surface area contributed by atoms with Gasteiger partial charge in [-0.05, 0) is 31.2 Å². The molecule has 0 atom stereocenters. The fourth-order valence-corrected chi connectivity index (χ4v) is 3.13. The Hall–Kier alpha value is -2.33. The molecule has 0 radical (unpaired) electrons. The van der Waals surface area contributed by atoms with Crippen molar-refractivity contribution in [1.29, 1.82) is 0 Å². The third-order valence-corrected chi connectivity index (χ3v) is 4.12. The number of aromatic nitrogens is 1. The fourth-order valence-electron chi connectivity index (χ4n) is 2.12. The van der Waals surface area contributed by atoms with Crippen LogP contribution in [-0.4, -0.2) is 16.1 Å². The molecule has 1 N–H and O–H groups in total. The van der Waals surface area contributed by atoms with Gasteiger partial charge < -0.3 is 5.11 Å². The first-order chi connectivity index (χ1) is 10.1. The predicted octanol–water partition coefficient (Wildman–Crippen LogP) is 4.39. The summed E-state index contributed by atoms with van der Waals surface area (Å²) in [6, 6.07) is 17.2. The number of rotatable bonds is 3. The van der Waals surface area contributed by atoms with E-state index in [4.69, 9.17) is 0 Å². The van der Waals surface area contributed by atoms with E-state index in [-0.39, 0.29) is 5.56 Å². The van der Waals surface area contributed by atoms with Gasteiger partial charge in [-0.1, -0.05) is 47.7 Å². The van der Waals surface area contributed by atoms with Gasteiger partial charge in [-0.3, -0.25) is 0 Å². The molecule has 3 nitrogen and oxygen atoms in total. The predicted molar refractivity (Wildman–Crippen MR) is 84.0 cm³/mol. The van der Waals surface area contributed by atoms with Crippen molar-refractivity contribution in [3.8, 4) is 0 Å². The van der Waals surface area contributed by atoms with Gasteiger partial charge in [0.2, 0.25) is 0 Å². The van der Waals surface area contributed by atoms with Crippen LogP contribution in [0, 0.1) is 6.92 Å². The van der Waals surface area contributed by atoms with E-state index in [2.05, 4.69) is 4.98 Å².